The Hall–Kier alpha value is -0.790. The fraction of sp³-hybridized carbons (Fsp3) is 0.429. The number of nitrogens with one attached hydrogen (secondary N) is 1. The molecule has 1 rings (SSSR count). The Morgan fingerprint density at radius 1 is 1.58 bits per heavy atom. The zero-order chi connectivity index (χ0) is 8.81. The van der Waals surface area contributed by atoms with Crippen LogP contribution in [0.4, 0.5) is 5.82 Å². The van der Waals surface area contributed by atoms with Gasteiger partial charge in [-0.1, -0.05) is 11.6 Å². The van der Waals surface area contributed by atoms with Crippen LogP contribution < -0.4 is 5.32 Å². The Balaban J connectivity index is 2.32. The fourth-order valence-corrected chi connectivity index (χ4v) is 1.34. The molecule has 0 aliphatic heterocycles. The minimum atomic E-state index is 0.435. The molecule has 1 aromatic heterocycles. The molecular weight excluding hydrogens is 194 g/mol. The van der Waals surface area contributed by atoms with Gasteiger partial charge in [0.25, 0.3) is 0 Å². The molecular formula is C7H8ClN3S. The minimum Gasteiger partial charge on any atom is -0.366 e. The van der Waals surface area contributed by atoms with Gasteiger partial charge in [0.1, 0.15) is 0 Å². The second-order valence-electron chi connectivity index (χ2n) is 2.01. The largest absolute Gasteiger partial charge is 0.366 e. The molecule has 0 spiro atoms. The summed E-state index contributed by atoms with van der Waals surface area (Å²) in [4.78, 5) is 0. The summed E-state index contributed by atoms with van der Waals surface area (Å²) in [6, 6.07) is 0. The lowest BCUT2D eigenvalue weighted by Crippen LogP contribution is -2.00. The predicted octanol–water partition coefficient (Wildman–Crippen LogP) is 2.02. The third-order valence-corrected chi connectivity index (χ3v) is 2.06. The van der Waals surface area contributed by atoms with E-state index in [1.54, 1.807) is 0 Å². The maximum Gasteiger partial charge on any atom is 0.186 e. The second-order valence-corrected chi connectivity index (χ2v) is 2.89. The summed E-state index contributed by atoms with van der Waals surface area (Å²) < 4.78 is 7.77. The lowest BCUT2D eigenvalue weighted by Gasteiger charge is -1.97. The molecule has 0 aliphatic rings. The number of hydrogen-bond donors (Lipinski definition) is 1. The topological polar surface area (TPSA) is 37.8 Å². The Morgan fingerprint density at radius 3 is 3.00 bits per heavy atom. The van der Waals surface area contributed by atoms with Crippen LogP contribution in [0.5, 0.6) is 0 Å². The van der Waals surface area contributed by atoms with Crippen molar-refractivity contribution in [2.75, 3.05) is 11.9 Å². The number of hydrogen-bond acceptors (Lipinski definition) is 4. The van der Waals surface area contributed by atoms with Gasteiger partial charge in [-0.3, -0.25) is 0 Å². The molecule has 12 heavy (non-hydrogen) atoms. The van der Waals surface area contributed by atoms with Crippen molar-refractivity contribution in [1.29, 1.82) is 0 Å². The predicted molar refractivity (Wildman–Crippen MR) is 51.5 cm³/mol. The van der Waals surface area contributed by atoms with E-state index in [-0.39, 0.29) is 0 Å². The van der Waals surface area contributed by atoms with E-state index < -0.39 is 0 Å². The van der Waals surface area contributed by atoms with Crippen molar-refractivity contribution in [2.24, 2.45) is 0 Å². The van der Waals surface area contributed by atoms with Crippen LogP contribution in [0.1, 0.15) is 13.3 Å². The zero-order valence-corrected chi connectivity index (χ0v) is 8.17. The van der Waals surface area contributed by atoms with Crippen molar-refractivity contribution in [3.05, 3.63) is 5.15 Å². The average Bonchev–Trinajstić information content (AvgIpc) is 2.46. The van der Waals surface area contributed by atoms with Gasteiger partial charge >= 0.3 is 0 Å². The highest BCUT2D eigenvalue weighted by Crippen LogP contribution is 2.17. The van der Waals surface area contributed by atoms with E-state index in [1.807, 2.05) is 6.92 Å². The molecule has 0 aliphatic carbocycles. The molecule has 64 valence electrons. The monoisotopic (exact) mass is 201 g/mol. The maximum atomic E-state index is 5.69. The maximum absolute atomic E-state index is 5.69. The number of nitrogens with zero attached hydrogens (tertiary/aromatic N) is 2. The van der Waals surface area contributed by atoms with E-state index in [9.17, 15) is 0 Å². The highest BCUT2D eigenvalue weighted by molar-refractivity contribution is 6.99. The van der Waals surface area contributed by atoms with Crippen LogP contribution in [-0.4, -0.2) is 15.3 Å². The number of halogens is 1. The van der Waals surface area contributed by atoms with Crippen molar-refractivity contribution in [1.82, 2.24) is 8.75 Å². The second kappa shape index (κ2) is 4.96. The number of rotatable bonds is 3. The molecule has 0 radical (unpaired) electrons. The lowest BCUT2D eigenvalue weighted by molar-refractivity contribution is 1.08. The fourth-order valence-electron chi connectivity index (χ4n) is 0.652. The molecule has 0 atom stereocenters. The number of anilines is 1. The van der Waals surface area contributed by atoms with Gasteiger partial charge in [-0.05, 0) is 6.92 Å². The van der Waals surface area contributed by atoms with Gasteiger partial charge in [0.15, 0.2) is 11.0 Å². The highest BCUT2D eigenvalue weighted by atomic mass is 35.5. The SMILES string of the molecule is CC#CCCNc1nsnc1Cl. The van der Waals surface area contributed by atoms with Crippen LogP contribution in [0.15, 0.2) is 0 Å². The molecule has 0 saturated heterocycles. The van der Waals surface area contributed by atoms with Crippen molar-refractivity contribution >= 4 is 29.1 Å². The molecule has 1 aromatic rings. The van der Waals surface area contributed by atoms with Crippen molar-refractivity contribution in [3.8, 4) is 11.8 Å². The van der Waals surface area contributed by atoms with E-state index in [1.165, 1.54) is 0 Å². The van der Waals surface area contributed by atoms with Gasteiger partial charge in [0.05, 0.1) is 11.7 Å². The molecule has 1 heterocycles. The first-order valence-electron chi connectivity index (χ1n) is 3.46. The van der Waals surface area contributed by atoms with Crippen LogP contribution in [-0.2, 0) is 0 Å². The summed E-state index contributed by atoms with van der Waals surface area (Å²) in [5.74, 6) is 6.39. The molecule has 3 nitrogen and oxygen atoms in total. The quantitative estimate of drug-likeness (QED) is 0.601. The van der Waals surface area contributed by atoms with Crippen molar-refractivity contribution in [2.45, 2.75) is 13.3 Å². The smallest absolute Gasteiger partial charge is 0.186 e. The van der Waals surface area contributed by atoms with Gasteiger partial charge in [-0.2, -0.15) is 8.75 Å². The first-order valence-corrected chi connectivity index (χ1v) is 4.57. The highest BCUT2D eigenvalue weighted by Gasteiger charge is 2.01. The summed E-state index contributed by atoms with van der Waals surface area (Å²) in [6.45, 7) is 2.57. The van der Waals surface area contributed by atoms with Gasteiger partial charge in [0.2, 0.25) is 0 Å². The summed E-state index contributed by atoms with van der Waals surface area (Å²) in [5, 5.41) is 3.46. The summed E-state index contributed by atoms with van der Waals surface area (Å²) >= 11 is 6.79. The minimum absolute atomic E-state index is 0.435. The van der Waals surface area contributed by atoms with Crippen LogP contribution in [0.2, 0.25) is 5.15 Å². The average molecular weight is 202 g/mol. The molecule has 0 aromatic carbocycles. The Morgan fingerprint density at radius 2 is 2.42 bits per heavy atom. The summed E-state index contributed by atoms with van der Waals surface area (Å²) in [6.07, 6.45) is 0.796. The van der Waals surface area contributed by atoms with E-state index in [2.05, 4.69) is 25.9 Å². The molecule has 0 fully saturated rings. The van der Waals surface area contributed by atoms with E-state index in [0.29, 0.717) is 11.0 Å². The summed E-state index contributed by atoms with van der Waals surface area (Å²) in [5.41, 5.74) is 0. The van der Waals surface area contributed by atoms with Gasteiger partial charge in [-0.15, -0.1) is 11.8 Å². The molecule has 0 unspecified atom stereocenters. The van der Waals surface area contributed by atoms with E-state index >= 15 is 0 Å². The third kappa shape index (κ3) is 2.68. The van der Waals surface area contributed by atoms with E-state index in [4.69, 9.17) is 11.6 Å². The van der Waals surface area contributed by atoms with Gasteiger partial charge in [0, 0.05) is 13.0 Å². The Bertz CT molecular complexity index is 299. The molecule has 0 saturated carbocycles. The summed E-state index contributed by atoms with van der Waals surface area (Å²) in [7, 11) is 0. The Labute approximate surface area is 80.5 Å². The van der Waals surface area contributed by atoms with Crippen LogP contribution in [0.3, 0.4) is 0 Å². The van der Waals surface area contributed by atoms with E-state index in [0.717, 1.165) is 24.7 Å². The van der Waals surface area contributed by atoms with Crippen LogP contribution >= 0.6 is 23.3 Å². The zero-order valence-electron chi connectivity index (χ0n) is 6.59. The van der Waals surface area contributed by atoms with Crippen LogP contribution in [0.25, 0.3) is 0 Å². The van der Waals surface area contributed by atoms with Gasteiger partial charge in [-0.25, -0.2) is 0 Å². The lowest BCUT2D eigenvalue weighted by atomic mass is 10.4. The molecule has 0 amide bonds. The van der Waals surface area contributed by atoms with Crippen molar-refractivity contribution < 1.29 is 0 Å². The van der Waals surface area contributed by atoms with Crippen LogP contribution in [0, 0.1) is 11.8 Å². The first-order chi connectivity index (χ1) is 5.84. The van der Waals surface area contributed by atoms with Crippen molar-refractivity contribution in [3.63, 3.8) is 0 Å². The Kier molecular flexibility index (Phi) is 3.85. The molecule has 1 N–H and O–H groups in total. The normalized spacial score (nSPS) is 8.83. The van der Waals surface area contributed by atoms with Gasteiger partial charge < -0.3 is 5.32 Å². The standard InChI is InChI=1S/C7H8ClN3S/c1-2-3-4-5-9-7-6(8)10-12-11-7/h4-5H2,1H3,(H,9,11). The molecule has 5 heteroatoms. The molecule has 0 bridgehead atoms. The third-order valence-electron chi connectivity index (χ3n) is 1.17. The first kappa shape index (κ1) is 9.30. The number of aromatic nitrogens is 2.